The molecule has 0 saturated carbocycles. The number of nitrogens with zero attached hydrogens (tertiary/aromatic N) is 9. The van der Waals surface area contributed by atoms with Crippen LogP contribution in [0, 0.1) is 35.5 Å². The topological polar surface area (TPSA) is 719 Å². The quantitative estimate of drug-likeness (QED) is 0.0299. The summed E-state index contributed by atoms with van der Waals surface area (Å²) in [6.07, 6.45) is -0.476. The number of aromatic hydroxyl groups is 3. The Kier molecular flexibility index (Phi) is 52.7. The summed E-state index contributed by atoms with van der Waals surface area (Å²) >= 11 is 16.0. The van der Waals surface area contributed by atoms with Crippen molar-refractivity contribution in [3.05, 3.63) is 142 Å². The van der Waals surface area contributed by atoms with Gasteiger partial charge >= 0.3 is 0 Å². The summed E-state index contributed by atoms with van der Waals surface area (Å²) in [6.45, 7) is -10.9. The van der Waals surface area contributed by atoms with Crippen molar-refractivity contribution in [1.82, 2.24) is 44.1 Å². The highest BCUT2D eigenvalue weighted by Gasteiger charge is 2.29. The highest BCUT2D eigenvalue weighted by molar-refractivity contribution is 14.1. The van der Waals surface area contributed by atoms with Gasteiger partial charge in [0.15, 0.2) is 17.2 Å². The molecule has 6 rings (SSSR count). The monoisotopic (exact) mass is 2780 g/mol. The largest absolute Gasteiger partial charge is 0.549 e. The number of halogens is 8. The predicted octanol–water partition coefficient (Wildman–Crippen LogP) is -13.6. The Bertz CT molecular complexity index is 4900. The van der Waals surface area contributed by atoms with E-state index in [9.17, 15) is 164 Å². The van der Waals surface area contributed by atoms with Crippen LogP contribution in [-0.2, 0) is 91.2 Å². The van der Waals surface area contributed by atoms with Crippen molar-refractivity contribution >= 4 is 270 Å². The lowest BCUT2D eigenvalue weighted by atomic mass is 10.0. The molecular formula is C82H78I8N9O36-15. The number of hydrogen-bond donors (Lipinski definition) is 3. The average Bonchev–Trinajstić information content (AvgIpc) is 0.817. The minimum absolute atomic E-state index is 0.0553. The van der Waals surface area contributed by atoms with E-state index in [2.05, 4.69) is 0 Å². The Morgan fingerprint density at radius 1 is 0.267 bits per heavy atom. The van der Waals surface area contributed by atoms with Crippen LogP contribution in [0.15, 0.2) is 91.0 Å². The SMILES string of the molecule is Cc1cc(Oc2c(I)cc(CC(C(=O)[O-])N(CCN(CC(=O)[O-])CC(=O)[O-])CCN(CC(=O)[O-])CC(=O)[O-])cc2I)ccc1O.O=C([O-])CN(CCN(CCN(CC(=O)[O-])CC(=O)[O-])C(Cc1cc(I)c(Oc2cc(I)c(O)c(I)c2)c(I)c1)C(=O)[O-])CC(=O)[O-].O=C([O-])CN(CCN(CCN(CC(=O)[O-])CC(=O)[O-])C(Cc1cc(I)c(Oc2ccc(O)cc2)c(I)c1)C(=O)[O-])CC(=O)[O-]. The molecule has 0 spiro atoms. The number of benzene rings is 6. The number of carboxylic acids is 15. The Morgan fingerprint density at radius 2 is 0.467 bits per heavy atom. The molecule has 135 heavy (non-hydrogen) atoms. The lowest BCUT2D eigenvalue weighted by Crippen LogP contribution is -2.55. The van der Waals surface area contributed by atoms with E-state index >= 15 is 0 Å². The molecule has 0 aliphatic heterocycles. The summed E-state index contributed by atoms with van der Waals surface area (Å²) in [5.74, 6) is -20.5. The number of phenolic OH excluding ortho intramolecular Hbond substituents is 3. The normalized spacial score (nSPS) is 12.0. The molecule has 6 aromatic carbocycles. The van der Waals surface area contributed by atoms with Crippen LogP contribution in [0.1, 0.15) is 22.3 Å². The van der Waals surface area contributed by atoms with E-state index in [1.807, 2.05) is 181 Å². The molecule has 0 radical (unpaired) electrons. The third kappa shape index (κ3) is 45.9. The van der Waals surface area contributed by atoms with Gasteiger partial charge in [-0.1, -0.05) is 0 Å². The van der Waals surface area contributed by atoms with E-state index in [1.54, 1.807) is 79.7 Å². The van der Waals surface area contributed by atoms with Crippen LogP contribution in [0.4, 0.5) is 0 Å². The average molecular weight is 2780 g/mol. The van der Waals surface area contributed by atoms with Crippen LogP contribution in [0.3, 0.4) is 0 Å². The molecule has 0 amide bonds. The number of carbonyl (C=O) groups is 15. The minimum Gasteiger partial charge on any atom is -0.549 e. The van der Waals surface area contributed by atoms with Gasteiger partial charge in [0.05, 0.1) is 136 Å². The number of rotatable bonds is 60. The number of aliphatic carboxylic acids is 15. The van der Waals surface area contributed by atoms with E-state index in [0.29, 0.717) is 85.3 Å². The molecule has 3 atom stereocenters. The van der Waals surface area contributed by atoms with Crippen molar-refractivity contribution in [2.45, 2.75) is 44.3 Å². The summed E-state index contributed by atoms with van der Waals surface area (Å²) in [6, 6.07) is 19.9. The molecule has 0 saturated heterocycles. The third-order valence-corrected chi connectivity index (χ3v) is 25.2. The Hall–Kier alpha value is -8.35. The Balaban J connectivity index is 0.000000423. The summed E-state index contributed by atoms with van der Waals surface area (Å²) in [7, 11) is 0. The fourth-order valence-corrected chi connectivity index (χ4v) is 20.8. The molecule has 738 valence electrons. The van der Waals surface area contributed by atoms with Crippen molar-refractivity contribution in [2.24, 2.45) is 0 Å². The van der Waals surface area contributed by atoms with Crippen LogP contribution in [0.5, 0.6) is 51.7 Å². The molecule has 0 aliphatic carbocycles. The number of phenols is 3. The first-order chi connectivity index (χ1) is 63.1. The summed E-state index contributed by atoms with van der Waals surface area (Å²) in [5.41, 5.74) is 2.18. The number of carbonyl (C=O) groups excluding carboxylic acids is 15. The van der Waals surface area contributed by atoms with Crippen LogP contribution in [0.25, 0.3) is 0 Å². The first-order valence-electron chi connectivity index (χ1n) is 39.0. The van der Waals surface area contributed by atoms with Gasteiger partial charge in [-0.05, 0) is 320 Å². The van der Waals surface area contributed by atoms with Crippen LogP contribution in [0.2, 0.25) is 0 Å². The van der Waals surface area contributed by atoms with Gasteiger partial charge in [0.25, 0.3) is 0 Å². The minimum atomic E-state index is -1.58. The van der Waals surface area contributed by atoms with Gasteiger partial charge in [0.1, 0.15) is 34.5 Å². The van der Waals surface area contributed by atoms with Gasteiger partial charge in [-0.2, -0.15) is 0 Å². The summed E-state index contributed by atoms with van der Waals surface area (Å²) in [5, 5.41) is 200. The maximum Gasteiger partial charge on any atom is 0.154 e. The van der Waals surface area contributed by atoms with Gasteiger partial charge in [0.2, 0.25) is 0 Å². The molecular weight excluding hydrogens is 2700 g/mol. The molecule has 0 heterocycles. The number of hydrogen-bond acceptors (Lipinski definition) is 45. The van der Waals surface area contributed by atoms with Crippen molar-refractivity contribution in [3.8, 4) is 51.7 Å². The molecule has 3 N–H and O–H groups in total. The zero-order valence-electron chi connectivity index (χ0n) is 70.3. The maximum absolute atomic E-state index is 12.5. The van der Waals surface area contributed by atoms with Gasteiger partial charge in [-0.3, -0.25) is 44.1 Å². The zero-order chi connectivity index (χ0) is 102. The lowest BCUT2D eigenvalue weighted by molar-refractivity contribution is -0.314. The number of carboxylic acid groups (broad SMARTS) is 15. The van der Waals surface area contributed by atoms with Gasteiger partial charge in [0, 0.05) is 157 Å². The van der Waals surface area contributed by atoms with E-state index < -0.39 is 186 Å². The lowest BCUT2D eigenvalue weighted by Gasteiger charge is -2.36. The third-order valence-electron chi connectivity index (χ3n) is 18.7. The van der Waals surface area contributed by atoms with Crippen molar-refractivity contribution in [2.75, 3.05) is 157 Å². The first-order valence-corrected chi connectivity index (χ1v) is 47.6. The fourth-order valence-electron chi connectivity index (χ4n) is 12.8. The van der Waals surface area contributed by atoms with Crippen molar-refractivity contribution in [3.63, 3.8) is 0 Å². The molecule has 45 nitrogen and oxygen atoms in total. The summed E-state index contributed by atoms with van der Waals surface area (Å²) in [4.78, 5) is 181. The van der Waals surface area contributed by atoms with E-state index in [4.69, 9.17) is 14.2 Å². The van der Waals surface area contributed by atoms with Gasteiger partial charge < -0.3 is 178 Å². The molecule has 0 aliphatic rings. The molecule has 0 bridgehead atoms. The van der Waals surface area contributed by atoms with Gasteiger partial charge in [-0.25, -0.2) is 0 Å². The zero-order valence-corrected chi connectivity index (χ0v) is 87.6. The van der Waals surface area contributed by atoms with Crippen molar-refractivity contribution in [1.29, 1.82) is 0 Å². The molecule has 3 unspecified atom stereocenters. The highest BCUT2D eigenvalue weighted by atomic mass is 127. The standard InChI is InChI=1S/C28H33I2N3O12.C27H29I4N3O12.C27H31I2N3O12/c1-16-8-18(2-3-22(16)34)45-27-19(29)9-17(10-20(27)30)11-21(28(43)44)33(6-4-31(12-23(35)36)13-24(37)38)7-5-32(14-25(39)40)15-26(41)42;28-16-8-15(9-17(29)25(16)43)46-26-18(30)5-14(6-19(26)31)7-20(27(44)45)34(3-1-32(10-21(35)36)11-22(37)38)4-2-33(12-23(39)40)13-24(41)42;28-19-9-16(10-20(29)26(19)44-18-3-1-17(33)2-4-18)11-21(27(42)43)32(7-5-30(12-22(34)35)13-23(36)37)8-6-31(14-24(38)39)15-25(40)41/h2-3,8-10,21,34H,4-7,11-15H2,1H3,(H,35,36)(H,37,38)(H,39,40)(H,41,42)(H,43,44);5-6,8-9,20,43H,1-4,7,10-13H2,(H,35,36)(H,37,38)(H,39,40)(H,41,42)(H,44,45);1-4,9-10,21,33H,5-8,11-15H2,(H,34,35)(H,36,37)(H,38,39)(H,40,41)(H,42,43)/p-15. The number of ether oxygens (including phenoxy) is 3. The molecule has 0 fully saturated rings. The maximum atomic E-state index is 12.5. The molecule has 0 aromatic heterocycles. The van der Waals surface area contributed by atoms with Gasteiger partial charge in [-0.15, -0.1) is 0 Å². The smallest absolute Gasteiger partial charge is 0.154 e. The molecule has 6 aromatic rings. The summed E-state index contributed by atoms with van der Waals surface area (Å²) < 4.78 is 22.8. The van der Waals surface area contributed by atoms with Crippen LogP contribution >= 0.6 is 181 Å². The number of aryl methyl sites for hydroxylation is 1. The predicted molar refractivity (Wildman–Crippen MR) is 501 cm³/mol. The first kappa shape index (κ1) is 119. The van der Waals surface area contributed by atoms with E-state index in [-0.39, 0.29) is 115 Å². The highest BCUT2D eigenvalue weighted by Crippen LogP contribution is 2.39. The molecule has 53 heteroatoms. The van der Waals surface area contributed by atoms with E-state index in [0.717, 1.165) is 29.4 Å². The fraction of sp³-hybridized carbons (Fsp3) is 0.378. The van der Waals surface area contributed by atoms with E-state index in [1.165, 1.54) is 32.9 Å². The second-order valence-electron chi connectivity index (χ2n) is 29.1. The second kappa shape index (κ2) is 59.8. The second-order valence-corrected chi connectivity index (χ2v) is 38.4. The Morgan fingerprint density at radius 3 is 0.667 bits per heavy atom. The Labute approximate surface area is 878 Å². The van der Waals surface area contributed by atoms with Crippen LogP contribution in [-0.4, -0.2) is 324 Å². The van der Waals surface area contributed by atoms with Crippen LogP contribution < -0.4 is 90.8 Å². The van der Waals surface area contributed by atoms with Crippen molar-refractivity contribution < 1.29 is 178 Å².